The Morgan fingerprint density at radius 2 is 1.96 bits per heavy atom. The van der Waals surface area contributed by atoms with Crippen molar-refractivity contribution >= 4 is 22.6 Å². The molecule has 0 amide bonds. The summed E-state index contributed by atoms with van der Waals surface area (Å²) in [4.78, 5) is 4.32. The van der Waals surface area contributed by atoms with Gasteiger partial charge in [0.05, 0.1) is 13.2 Å². The van der Waals surface area contributed by atoms with E-state index in [1.54, 1.807) is 6.07 Å². The summed E-state index contributed by atoms with van der Waals surface area (Å²) in [6, 6.07) is 9.97. The molecule has 0 spiro atoms. The monoisotopic (exact) mass is 369 g/mol. The van der Waals surface area contributed by atoms with Crippen molar-refractivity contribution in [3.8, 4) is 11.5 Å². The maximum absolute atomic E-state index is 13.4. The Labute approximate surface area is 155 Å². The number of aryl methyl sites for hydroxylation is 1. The first kappa shape index (κ1) is 17.2. The Morgan fingerprint density at radius 3 is 2.81 bits per heavy atom. The lowest BCUT2D eigenvalue weighted by Gasteiger charge is -2.10. The van der Waals surface area contributed by atoms with E-state index in [4.69, 9.17) is 19.6 Å². The van der Waals surface area contributed by atoms with E-state index < -0.39 is 0 Å². The van der Waals surface area contributed by atoms with E-state index in [9.17, 15) is 4.39 Å². The second kappa shape index (κ2) is 7.19. The summed E-state index contributed by atoms with van der Waals surface area (Å²) in [7, 11) is 0. The fraction of sp³-hybridized carbons (Fsp3) is 0.250. The number of halogens is 1. The van der Waals surface area contributed by atoms with E-state index in [0.29, 0.717) is 30.3 Å². The number of nitrogens with two attached hydrogens (primary N) is 1. The minimum atomic E-state index is -0.294. The van der Waals surface area contributed by atoms with Crippen molar-refractivity contribution < 1.29 is 18.3 Å². The van der Waals surface area contributed by atoms with E-state index >= 15 is 0 Å². The van der Waals surface area contributed by atoms with Crippen molar-refractivity contribution in [1.82, 2.24) is 0 Å². The van der Waals surface area contributed by atoms with E-state index in [-0.39, 0.29) is 18.3 Å². The van der Waals surface area contributed by atoms with Crippen LogP contribution < -0.4 is 20.5 Å². The molecule has 1 aliphatic heterocycles. The van der Waals surface area contributed by atoms with Crippen LogP contribution in [0, 0.1) is 12.7 Å². The Balaban J connectivity index is 1.49. The van der Waals surface area contributed by atoms with Crippen molar-refractivity contribution in [1.29, 1.82) is 0 Å². The molecule has 3 aromatic rings. The Morgan fingerprint density at radius 1 is 1.15 bits per heavy atom. The number of hydrogen-bond acceptors (Lipinski definition) is 4. The number of fused-ring (bicyclic) bond motifs is 2. The molecule has 3 N–H and O–H groups in total. The summed E-state index contributed by atoms with van der Waals surface area (Å²) < 4.78 is 30.4. The van der Waals surface area contributed by atoms with Gasteiger partial charge in [-0.2, -0.15) is 0 Å². The molecule has 4 rings (SSSR count). The highest BCUT2D eigenvalue weighted by molar-refractivity contribution is 5.92. The molecule has 0 radical (unpaired) electrons. The summed E-state index contributed by atoms with van der Waals surface area (Å²) in [5, 5.41) is 3.78. The van der Waals surface area contributed by atoms with Gasteiger partial charge in [0.25, 0.3) is 0 Å². The minimum absolute atomic E-state index is 0.246. The summed E-state index contributed by atoms with van der Waals surface area (Å²) in [6.07, 6.45) is 0.849. The highest BCUT2D eigenvalue weighted by atomic mass is 19.1. The van der Waals surface area contributed by atoms with Crippen LogP contribution in [0.25, 0.3) is 11.0 Å². The predicted octanol–water partition coefficient (Wildman–Crippen LogP) is 3.97. The van der Waals surface area contributed by atoms with Gasteiger partial charge in [-0.05, 0) is 37.3 Å². The SMILES string of the molecule is Cc1c(CN=C(N)Nc2ccc3c(c2)OCCCO3)oc2ccc(F)cc12. The van der Waals surface area contributed by atoms with Crippen molar-refractivity contribution in [2.24, 2.45) is 10.7 Å². The number of aliphatic imine (C=N–C) groups is 1. The molecule has 1 aromatic heterocycles. The van der Waals surface area contributed by atoms with Gasteiger partial charge in [0.1, 0.15) is 23.7 Å². The largest absolute Gasteiger partial charge is 0.490 e. The highest BCUT2D eigenvalue weighted by Gasteiger charge is 2.12. The number of nitrogens with one attached hydrogen (secondary N) is 1. The molecule has 0 fully saturated rings. The van der Waals surface area contributed by atoms with Crippen LogP contribution in [0.3, 0.4) is 0 Å². The smallest absolute Gasteiger partial charge is 0.193 e. The molecule has 0 unspecified atom stereocenters. The predicted molar refractivity (Wildman–Crippen MR) is 102 cm³/mol. The molecule has 140 valence electrons. The number of benzene rings is 2. The molecule has 0 atom stereocenters. The number of guanidine groups is 1. The van der Waals surface area contributed by atoms with Crippen LogP contribution in [0.15, 0.2) is 45.8 Å². The minimum Gasteiger partial charge on any atom is -0.490 e. The second-order valence-corrected chi connectivity index (χ2v) is 6.33. The summed E-state index contributed by atoms with van der Waals surface area (Å²) in [5.74, 6) is 2.01. The topological polar surface area (TPSA) is 82.0 Å². The second-order valence-electron chi connectivity index (χ2n) is 6.33. The lowest BCUT2D eigenvalue weighted by molar-refractivity contribution is 0.297. The van der Waals surface area contributed by atoms with E-state index in [1.807, 2.05) is 25.1 Å². The third-order valence-electron chi connectivity index (χ3n) is 4.41. The number of furan rings is 1. The number of ether oxygens (including phenoxy) is 2. The molecule has 0 bridgehead atoms. The molecule has 0 aliphatic carbocycles. The van der Waals surface area contributed by atoms with Crippen LogP contribution in [0.4, 0.5) is 10.1 Å². The molecule has 27 heavy (non-hydrogen) atoms. The van der Waals surface area contributed by atoms with Gasteiger partial charge in [-0.3, -0.25) is 0 Å². The standard InChI is InChI=1S/C20H20FN3O3/c1-12-15-9-13(21)3-5-16(15)27-19(12)11-23-20(22)24-14-4-6-17-18(10-14)26-8-2-7-25-17/h3-6,9-10H,2,7-8,11H2,1H3,(H3,22,23,24). The average Bonchev–Trinajstić information content (AvgIpc) is 2.82. The van der Waals surface area contributed by atoms with Gasteiger partial charge < -0.3 is 24.9 Å². The van der Waals surface area contributed by atoms with Crippen molar-refractivity contribution in [3.63, 3.8) is 0 Å². The Hall–Kier alpha value is -3.22. The number of rotatable bonds is 3. The lowest BCUT2D eigenvalue weighted by Crippen LogP contribution is -2.22. The van der Waals surface area contributed by atoms with Crippen molar-refractivity contribution in [2.45, 2.75) is 19.9 Å². The quantitative estimate of drug-likeness (QED) is 0.539. The summed E-state index contributed by atoms with van der Waals surface area (Å²) in [6.45, 7) is 3.39. The van der Waals surface area contributed by atoms with Gasteiger partial charge in [0.15, 0.2) is 17.5 Å². The van der Waals surface area contributed by atoms with Crippen molar-refractivity contribution in [3.05, 3.63) is 53.5 Å². The number of hydrogen-bond donors (Lipinski definition) is 2. The van der Waals surface area contributed by atoms with Crippen LogP contribution in [0.1, 0.15) is 17.7 Å². The maximum Gasteiger partial charge on any atom is 0.193 e. The van der Waals surface area contributed by atoms with Gasteiger partial charge >= 0.3 is 0 Å². The van der Waals surface area contributed by atoms with Gasteiger partial charge in [-0.25, -0.2) is 9.38 Å². The van der Waals surface area contributed by atoms with Crippen LogP contribution in [0.5, 0.6) is 11.5 Å². The zero-order valence-electron chi connectivity index (χ0n) is 14.9. The van der Waals surface area contributed by atoms with E-state index in [0.717, 1.165) is 28.8 Å². The van der Waals surface area contributed by atoms with Crippen LogP contribution in [0.2, 0.25) is 0 Å². The summed E-state index contributed by atoms with van der Waals surface area (Å²) in [5.41, 5.74) is 8.24. The zero-order chi connectivity index (χ0) is 18.8. The molecule has 2 heterocycles. The molecule has 2 aromatic carbocycles. The molecule has 7 heteroatoms. The third-order valence-corrected chi connectivity index (χ3v) is 4.41. The first-order valence-electron chi connectivity index (χ1n) is 8.74. The molecular weight excluding hydrogens is 349 g/mol. The van der Waals surface area contributed by atoms with Gasteiger partial charge in [0.2, 0.25) is 0 Å². The first-order chi connectivity index (χ1) is 13.1. The maximum atomic E-state index is 13.4. The molecule has 1 aliphatic rings. The molecular formula is C20H20FN3O3. The van der Waals surface area contributed by atoms with Crippen molar-refractivity contribution in [2.75, 3.05) is 18.5 Å². The van der Waals surface area contributed by atoms with Gasteiger partial charge in [-0.15, -0.1) is 0 Å². The van der Waals surface area contributed by atoms with Gasteiger partial charge in [0, 0.05) is 29.1 Å². The van der Waals surface area contributed by atoms with E-state index in [2.05, 4.69) is 10.3 Å². The zero-order valence-corrected chi connectivity index (χ0v) is 14.9. The van der Waals surface area contributed by atoms with Crippen LogP contribution in [-0.4, -0.2) is 19.2 Å². The number of nitrogens with zero attached hydrogens (tertiary/aromatic N) is 1. The van der Waals surface area contributed by atoms with Gasteiger partial charge in [-0.1, -0.05) is 0 Å². The average molecular weight is 369 g/mol. The van der Waals surface area contributed by atoms with Crippen LogP contribution >= 0.6 is 0 Å². The Bertz CT molecular complexity index is 1010. The lowest BCUT2D eigenvalue weighted by atomic mass is 10.1. The highest BCUT2D eigenvalue weighted by Crippen LogP contribution is 2.32. The Kier molecular flexibility index (Phi) is 4.58. The fourth-order valence-corrected chi connectivity index (χ4v) is 2.98. The van der Waals surface area contributed by atoms with Crippen LogP contribution in [-0.2, 0) is 6.54 Å². The fourth-order valence-electron chi connectivity index (χ4n) is 2.98. The molecule has 6 nitrogen and oxygen atoms in total. The number of anilines is 1. The normalized spacial score (nSPS) is 14.2. The molecule has 0 saturated carbocycles. The summed E-state index contributed by atoms with van der Waals surface area (Å²) >= 11 is 0. The first-order valence-corrected chi connectivity index (χ1v) is 8.74. The molecule has 0 saturated heterocycles. The third kappa shape index (κ3) is 3.67. The van der Waals surface area contributed by atoms with E-state index in [1.165, 1.54) is 12.1 Å².